The summed E-state index contributed by atoms with van der Waals surface area (Å²) in [5.41, 5.74) is -1.85. The van der Waals surface area contributed by atoms with Crippen LogP contribution in [-0.4, -0.2) is 126 Å². The number of fused-ring (bicyclic) bond motifs is 7. The third kappa shape index (κ3) is 6.33. The molecule has 7 rings (SSSR count). The molecule has 4 saturated carbocycles. The molecular formula is C42H62O16. The quantitative estimate of drug-likeness (QED) is 0.135. The van der Waals surface area contributed by atoms with Gasteiger partial charge >= 0.3 is 17.9 Å². The summed E-state index contributed by atoms with van der Waals surface area (Å²) < 4.78 is 23.1. The van der Waals surface area contributed by atoms with Crippen molar-refractivity contribution in [1.29, 1.82) is 0 Å². The van der Waals surface area contributed by atoms with Gasteiger partial charge in [-0.1, -0.05) is 47.1 Å². The minimum absolute atomic E-state index is 0.0245. The molecule has 0 bridgehead atoms. The summed E-state index contributed by atoms with van der Waals surface area (Å²) in [5.74, 6) is -7.50. The fourth-order valence-corrected chi connectivity index (χ4v) is 13.4. The Bertz CT molecular complexity index is 1750. The van der Waals surface area contributed by atoms with E-state index in [0.717, 1.165) is 31.3 Å². The standard InChI is InChI=1S/C42H62O16/c1-36(2)23-8-11-41(7)31(21(43)16-19-20-17-38(4,35(52)53)13-12-37(20,3)14-15-40(19,41)6)39(23,5)10-9-24(36)55-34-30(27(47)26(46)28(56-34)32(48)49)58-42(54)18-22(44)25(45)29(57-42)33(50)51/h16,20,22-31,34,44-47,54H,8-15,17-18H2,1-7H3,(H,48,49)(H,50,51)(H,52,53)/t20-,22-,23-,24-,25-,26-,27+,28?,29?,30?,31+,34-,37+,38-,39-,40+,41+,42+/m0/s1. The molecule has 16 heteroatoms. The Morgan fingerprint density at radius 3 is 2.03 bits per heavy atom. The first kappa shape index (κ1) is 43.5. The average Bonchev–Trinajstić information content (AvgIpc) is 3.11. The largest absolute Gasteiger partial charge is 0.481 e. The van der Waals surface area contributed by atoms with Gasteiger partial charge in [0.05, 0.1) is 24.0 Å². The molecule has 0 spiro atoms. The number of ether oxygens (including phenoxy) is 4. The second-order valence-electron chi connectivity index (χ2n) is 20.7. The van der Waals surface area contributed by atoms with Crippen molar-refractivity contribution in [3.63, 3.8) is 0 Å². The smallest absolute Gasteiger partial charge is 0.335 e. The molecule has 2 saturated heterocycles. The highest BCUT2D eigenvalue weighted by Gasteiger charge is 2.71. The number of aliphatic hydroxyl groups excluding tert-OH is 4. The van der Waals surface area contributed by atoms with Crippen LogP contribution in [0.4, 0.5) is 0 Å². The number of allylic oxidation sites excluding steroid dienone is 2. The lowest BCUT2D eigenvalue weighted by atomic mass is 9.33. The van der Waals surface area contributed by atoms with Crippen LogP contribution in [0, 0.1) is 50.2 Å². The van der Waals surface area contributed by atoms with E-state index in [1.807, 2.05) is 26.8 Å². The zero-order valence-corrected chi connectivity index (χ0v) is 34.4. The van der Waals surface area contributed by atoms with Gasteiger partial charge in [-0.2, -0.15) is 0 Å². The number of carboxylic acid groups (broad SMARTS) is 3. The first-order valence-electron chi connectivity index (χ1n) is 20.7. The Labute approximate surface area is 337 Å². The fraction of sp³-hybridized carbons (Fsp3) is 0.857. The third-order valence-corrected chi connectivity index (χ3v) is 17.2. The number of aliphatic carboxylic acids is 3. The van der Waals surface area contributed by atoms with Gasteiger partial charge in [-0.05, 0) is 110 Å². The van der Waals surface area contributed by atoms with E-state index in [1.165, 1.54) is 0 Å². The molecule has 326 valence electrons. The van der Waals surface area contributed by atoms with Crippen molar-refractivity contribution in [3.05, 3.63) is 11.6 Å². The summed E-state index contributed by atoms with van der Waals surface area (Å²) in [6.07, 6.45) is -9.31. The molecule has 3 unspecified atom stereocenters. The monoisotopic (exact) mass is 822 g/mol. The fourth-order valence-electron chi connectivity index (χ4n) is 13.4. The van der Waals surface area contributed by atoms with Crippen LogP contribution in [0.25, 0.3) is 0 Å². The molecule has 7 aliphatic rings. The number of ketones is 1. The van der Waals surface area contributed by atoms with E-state index in [9.17, 15) is 60.0 Å². The second kappa shape index (κ2) is 14.0. The number of rotatable bonds is 7. The minimum atomic E-state index is -2.94. The van der Waals surface area contributed by atoms with Crippen LogP contribution in [0.5, 0.6) is 0 Å². The first-order chi connectivity index (χ1) is 26.7. The van der Waals surface area contributed by atoms with Gasteiger partial charge in [0, 0.05) is 5.92 Å². The molecule has 2 heterocycles. The molecule has 6 fully saturated rings. The van der Waals surface area contributed by atoms with E-state index < -0.39 is 107 Å². The number of aliphatic hydroxyl groups is 5. The predicted octanol–water partition coefficient (Wildman–Crippen LogP) is 2.59. The van der Waals surface area contributed by atoms with Crippen LogP contribution < -0.4 is 0 Å². The third-order valence-electron chi connectivity index (χ3n) is 17.2. The molecule has 0 aromatic rings. The number of hydrogen-bond acceptors (Lipinski definition) is 13. The molecule has 0 aromatic heterocycles. The van der Waals surface area contributed by atoms with Gasteiger partial charge in [0.2, 0.25) is 0 Å². The normalized spacial score (nSPS) is 52.6. The topological polar surface area (TPSA) is 267 Å². The van der Waals surface area contributed by atoms with E-state index >= 15 is 0 Å². The van der Waals surface area contributed by atoms with E-state index in [4.69, 9.17) is 18.9 Å². The van der Waals surface area contributed by atoms with Gasteiger partial charge in [0.1, 0.15) is 24.4 Å². The summed E-state index contributed by atoms with van der Waals surface area (Å²) in [6.45, 7) is 14.8. The Morgan fingerprint density at radius 2 is 1.41 bits per heavy atom. The number of hydrogen-bond donors (Lipinski definition) is 8. The van der Waals surface area contributed by atoms with Gasteiger partial charge in [-0.3, -0.25) is 9.59 Å². The molecule has 58 heavy (non-hydrogen) atoms. The lowest BCUT2D eigenvalue weighted by Gasteiger charge is -2.70. The van der Waals surface area contributed by atoms with Crippen molar-refractivity contribution < 1.29 is 79.0 Å². The Morgan fingerprint density at radius 1 is 0.776 bits per heavy atom. The summed E-state index contributed by atoms with van der Waals surface area (Å²) in [6, 6.07) is 0. The SMILES string of the molecule is CC1(C)[C@@H](O[C@H]2OC(C(=O)O)[C@@H](O)[C@@H](O)C2O[C@@]2(O)C[C@H](O)[C@H](O)C(C(=O)O)O2)CC[C@]2(C)[C@H]3C(=O)C=C4[C@@H]5C[C@@](C)(C(=O)O)CC[C@]5(C)CC[C@@]4(C)[C@]3(C)CC[C@@H]12. The van der Waals surface area contributed by atoms with E-state index in [1.54, 1.807) is 0 Å². The summed E-state index contributed by atoms with van der Waals surface area (Å²) >= 11 is 0. The summed E-state index contributed by atoms with van der Waals surface area (Å²) in [4.78, 5) is 51.3. The van der Waals surface area contributed by atoms with Gasteiger partial charge in [-0.25, -0.2) is 9.59 Å². The Hall–Kier alpha value is -2.54. The van der Waals surface area contributed by atoms with Crippen LogP contribution in [0.1, 0.15) is 113 Å². The highest BCUT2D eigenvalue weighted by atomic mass is 16.8. The average molecular weight is 823 g/mol. The Kier molecular flexibility index (Phi) is 10.5. The van der Waals surface area contributed by atoms with E-state index in [0.29, 0.717) is 32.1 Å². The van der Waals surface area contributed by atoms with E-state index in [2.05, 4.69) is 27.7 Å². The maximum absolute atomic E-state index is 14.8. The maximum Gasteiger partial charge on any atom is 0.335 e. The van der Waals surface area contributed by atoms with Gasteiger partial charge in [-0.15, -0.1) is 0 Å². The Balaban J connectivity index is 1.18. The van der Waals surface area contributed by atoms with Gasteiger partial charge in [0.15, 0.2) is 24.3 Å². The van der Waals surface area contributed by atoms with Crippen molar-refractivity contribution >= 4 is 23.7 Å². The van der Waals surface area contributed by atoms with Crippen molar-refractivity contribution in [2.24, 2.45) is 50.2 Å². The second-order valence-corrected chi connectivity index (χ2v) is 20.7. The van der Waals surface area contributed by atoms with Crippen LogP contribution in [-0.2, 0) is 38.1 Å². The zero-order valence-electron chi connectivity index (χ0n) is 34.4. The van der Waals surface area contributed by atoms with Crippen LogP contribution in [0.15, 0.2) is 11.6 Å². The molecule has 5 aliphatic carbocycles. The highest BCUT2D eigenvalue weighted by molar-refractivity contribution is 5.95. The van der Waals surface area contributed by atoms with Crippen LogP contribution >= 0.6 is 0 Å². The van der Waals surface area contributed by atoms with Crippen molar-refractivity contribution in [2.45, 2.75) is 174 Å². The van der Waals surface area contributed by atoms with Crippen molar-refractivity contribution in [1.82, 2.24) is 0 Å². The molecule has 0 amide bonds. The molecule has 18 atom stereocenters. The van der Waals surface area contributed by atoms with Crippen molar-refractivity contribution in [2.75, 3.05) is 0 Å². The molecule has 8 N–H and O–H groups in total. The molecule has 2 aliphatic heterocycles. The van der Waals surface area contributed by atoms with Crippen LogP contribution in [0.3, 0.4) is 0 Å². The van der Waals surface area contributed by atoms with Crippen molar-refractivity contribution in [3.8, 4) is 0 Å². The van der Waals surface area contributed by atoms with Gasteiger partial charge in [0.25, 0.3) is 5.97 Å². The zero-order chi connectivity index (χ0) is 42.9. The lowest BCUT2D eigenvalue weighted by molar-refractivity contribution is -0.449. The molecule has 16 nitrogen and oxygen atoms in total. The number of carbonyl (C=O) groups is 4. The predicted molar refractivity (Wildman–Crippen MR) is 199 cm³/mol. The highest BCUT2D eigenvalue weighted by Crippen LogP contribution is 2.75. The van der Waals surface area contributed by atoms with Crippen LogP contribution in [0.2, 0.25) is 0 Å². The van der Waals surface area contributed by atoms with E-state index in [-0.39, 0.29) is 34.4 Å². The maximum atomic E-state index is 14.8. The van der Waals surface area contributed by atoms with Gasteiger partial charge < -0.3 is 59.8 Å². The summed E-state index contributed by atoms with van der Waals surface area (Å²) in [5, 5.41) is 83.5. The minimum Gasteiger partial charge on any atom is -0.481 e. The molecule has 0 aromatic carbocycles. The lowest BCUT2D eigenvalue weighted by Crippen LogP contribution is -2.68. The molecule has 0 radical (unpaired) electrons. The number of carbonyl (C=O) groups excluding carboxylic acids is 1. The summed E-state index contributed by atoms with van der Waals surface area (Å²) in [7, 11) is 0. The first-order valence-corrected chi connectivity index (χ1v) is 20.7. The molecular weight excluding hydrogens is 760 g/mol. The number of carboxylic acids is 3.